The number of fused-ring (bicyclic) bond motifs is 1. The smallest absolute Gasteiger partial charge is 0.267 e. The Hall–Kier alpha value is -2.47. The normalized spacial score (nSPS) is 19.0. The first kappa shape index (κ1) is 18.9. The van der Waals surface area contributed by atoms with Crippen molar-refractivity contribution in [2.45, 2.75) is 48.9 Å². The standard InChI is InChI=1S/C22H24N2O3S/c1-15(25)24-14-20(27-19-12-6-5-11-18(19)24)22(26)23-17-10-4-7-13-21(17)28-16-8-2-3-9-16/h4-7,10-13,16,20H,2-3,8-9,14H2,1H3,(H,23,26)/t20-/m0/s1. The van der Waals surface area contributed by atoms with Crippen LogP contribution in [0.3, 0.4) is 0 Å². The molecule has 4 rings (SSSR count). The van der Waals surface area contributed by atoms with Crippen molar-refractivity contribution in [3.63, 3.8) is 0 Å². The molecule has 2 aromatic rings. The van der Waals surface area contributed by atoms with Gasteiger partial charge in [-0.15, -0.1) is 11.8 Å². The van der Waals surface area contributed by atoms with Crippen molar-refractivity contribution < 1.29 is 14.3 Å². The Labute approximate surface area is 169 Å². The summed E-state index contributed by atoms with van der Waals surface area (Å²) in [5, 5.41) is 3.64. The third kappa shape index (κ3) is 4.02. The Balaban J connectivity index is 1.51. The van der Waals surface area contributed by atoms with Gasteiger partial charge < -0.3 is 15.0 Å². The molecule has 0 bridgehead atoms. The minimum atomic E-state index is -0.747. The van der Waals surface area contributed by atoms with Crippen LogP contribution in [0.25, 0.3) is 0 Å². The number of ether oxygens (including phenoxy) is 1. The summed E-state index contributed by atoms with van der Waals surface area (Å²) < 4.78 is 5.91. The zero-order valence-electron chi connectivity index (χ0n) is 15.9. The summed E-state index contributed by atoms with van der Waals surface area (Å²) in [6.45, 7) is 1.71. The topological polar surface area (TPSA) is 58.6 Å². The average molecular weight is 397 g/mol. The number of carbonyl (C=O) groups excluding carboxylic acids is 2. The number of hydrogen-bond acceptors (Lipinski definition) is 4. The van der Waals surface area contributed by atoms with E-state index in [0.717, 1.165) is 10.6 Å². The lowest BCUT2D eigenvalue weighted by Crippen LogP contribution is -2.48. The van der Waals surface area contributed by atoms with E-state index in [1.807, 2.05) is 48.2 Å². The molecule has 1 fully saturated rings. The van der Waals surface area contributed by atoms with Gasteiger partial charge >= 0.3 is 0 Å². The van der Waals surface area contributed by atoms with Crippen LogP contribution in [-0.2, 0) is 9.59 Å². The van der Waals surface area contributed by atoms with E-state index in [1.54, 1.807) is 11.0 Å². The summed E-state index contributed by atoms with van der Waals surface area (Å²) >= 11 is 1.84. The molecular formula is C22H24N2O3S. The molecule has 146 valence electrons. The second-order valence-electron chi connectivity index (χ2n) is 7.21. The molecule has 2 amide bonds. The average Bonchev–Trinajstić information content (AvgIpc) is 3.21. The third-order valence-corrected chi connectivity index (χ3v) is 6.60. The molecule has 2 aliphatic rings. The van der Waals surface area contributed by atoms with Crippen LogP contribution >= 0.6 is 11.8 Å². The fraction of sp³-hybridized carbons (Fsp3) is 0.364. The molecule has 1 N–H and O–H groups in total. The zero-order chi connectivity index (χ0) is 19.5. The lowest BCUT2D eigenvalue weighted by molar-refractivity contribution is -0.123. The lowest BCUT2D eigenvalue weighted by atomic mass is 10.1. The Bertz CT molecular complexity index is 880. The molecule has 1 atom stereocenters. The van der Waals surface area contributed by atoms with Gasteiger partial charge in [0.2, 0.25) is 5.91 Å². The molecule has 6 heteroatoms. The number of thioether (sulfide) groups is 1. The molecule has 1 saturated carbocycles. The molecule has 0 unspecified atom stereocenters. The molecule has 0 radical (unpaired) electrons. The summed E-state index contributed by atoms with van der Waals surface area (Å²) in [7, 11) is 0. The summed E-state index contributed by atoms with van der Waals surface area (Å²) in [5.41, 5.74) is 1.51. The fourth-order valence-electron chi connectivity index (χ4n) is 3.74. The Kier molecular flexibility index (Phi) is 5.57. The van der Waals surface area contributed by atoms with E-state index in [4.69, 9.17) is 4.74 Å². The van der Waals surface area contributed by atoms with Crippen molar-refractivity contribution in [1.29, 1.82) is 0 Å². The Morgan fingerprint density at radius 3 is 2.57 bits per heavy atom. The predicted octanol–water partition coefficient (Wildman–Crippen LogP) is 4.47. The molecule has 0 spiro atoms. The van der Waals surface area contributed by atoms with Crippen LogP contribution in [0.4, 0.5) is 11.4 Å². The SMILES string of the molecule is CC(=O)N1C[C@@H](C(=O)Nc2ccccc2SC2CCCC2)Oc2ccccc21. The molecule has 1 aliphatic heterocycles. The van der Waals surface area contributed by atoms with E-state index >= 15 is 0 Å². The zero-order valence-corrected chi connectivity index (χ0v) is 16.7. The number of amides is 2. The molecular weight excluding hydrogens is 372 g/mol. The van der Waals surface area contributed by atoms with Crippen LogP contribution in [0.1, 0.15) is 32.6 Å². The number of anilines is 2. The van der Waals surface area contributed by atoms with E-state index in [0.29, 0.717) is 16.7 Å². The molecule has 1 aliphatic carbocycles. The second-order valence-corrected chi connectivity index (χ2v) is 8.56. The Morgan fingerprint density at radius 2 is 1.79 bits per heavy atom. The van der Waals surface area contributed by atoms with Crippen molar-refractivity contribution in [1.82, 2.24) is 0 Å². The van der Waals surface area contributed by atoms with Crippen molar-refractivity contribution >= 4 is 35.0 Å². The quantitative estimate of drug-likeness (QED) is 0.828. The Morgan fingerprint density at radius 1 is 1.07 bits per heavy atom. The maximum atomic E-state index is 13.0. The van der Waals surface area contributed by atoms with Gasteiger partial charge in [0.1, 0.15) is 5.75 Å². The third-order valence-electron chi connectivity index (χ3n) is 5.19. The van der Waals surface area contributed by atoms with Crippen molar-refractivity contribution in [3.8, 4) is 5.75 Å². The van der Waals surface area contributed by atoms with Gasteiger partial charge in [-0.25, -0.2) is 0 Å². The molecule has 1 heterocycles. The van der Waals surface area contributed by atoms with Gasteiger partial charge in [0.25, 0.3) is 5.91 Å². The van der Waals surface area contributed by atoms with Gasteiger partial charge in [0.05, 0.1) is 17.9 Å². The maximum Gasteiger partial charge on any atom is 0.267 e. The van der Waals surface area contributed by atoms with Gasteiger partial charge in [0.15, 0.2) is 6.10 Å². The summed E-state index contributed by atoms with van der Waals surface area (Å²) in [4.78, 5) is 27.7. The maximum absolute atomic E-state index is 13.0. The fourth-order valence-corrected chi connectivity index (χ4v) is 5.07. The highest BCUT2D eigenvalue weighted by Crippen LogP contribution is 2.38. The minimum absolute atomic E-state index is 0.106. The molecule has 2 aromatic carbocycles. The number of carbonyl (C=O) groups is 2. The highest BCUT2D eigenvalue weighted by atomic mass is 32.2. The summed E-state index contributed by atoms with van der Waals surface area (Å²) in [6, 6.07) is 15.2. The first-order valence-corrected chi connectivity index (χ1v) is 10.6. The van der Waals surface area contributed by atoms with Gasteiger partial charge in [0, 0.05) is 17.1 Å². The molecule has 0 aromatic heterocycles. The van der Waals surface area contributed by atoms with Crippen molar-refractivity contribution in [2.24, 2.45) is 0 Å². The minimum Gasteiger partial charge on any atom is -0.476 e. The van der Waals surface area contributed by atoms with Crippen molar-refractivity contribution in [3.05, 3.63) is 48.5 Å². The summed E-state index contributed by atoms with van der Waals surface area (Å²) in [5.74, 6) is 0.212. The summed E-state index contributed by atoms with van der Waals surface area (Å²) in [6.07, 6.45) is 4.26. The van der Waals surface area contributed by atoms with Crippen LogP contribution in [0.2, 0.25) is 0 Å². The van der Waals surface area contributed by atoms with Gasteiger partial charge in [-0.2, -0.15) is 0 Å². The van der Waals surface area contributed by atoms with Gasteiger partial charge in [-0.3, -0.25) is 9.59 Å². The first-order valence-electron chi connectivity index (χ1n) is 9.72. The molecule has 0 saturated heterocycles. The van der Waals surface area contributed by atoms with Gasteiger partial charge in [-0.05, 0) is 37.1 Å². The largest absolute Gasteiger partial charge is 0.476 e. The monoisotopic (exact) mass is 396 g/mol. The number of hydrogen-bond donors (Lipinski definition) is 1. The van der Waals surface area contributed by atoms with E-state index < -0.39 is 6.10 Å². The first-order chi connectivity index (χ1) is 13.6. The van der Waals surface area contributed by atoms with Crippen molar-refractivity contribution in [2.75, 3.05) is 16.8 Å². The second kappa shape index (κ2) is 8.27. The van der Waals surface area contributed by atoms with Crippen LogP contribution in [0.5, 0.6) is 5.75 Å². The van der Waals surface area contributed by atoms with Crippen LogP contribution in [0.15, 0.2) is 53.4 Å². The van der Waals surface area contributed by atoms with E-state index in [9.17, 15) is 9.59 Å². The molecule has 5 nitrogen and oxygen atoms in total. The number of nitrogens with zero attached hydrogens (tertiary/aromatic N) is 1. The highest BCUT2D eigenvalue weighted by molar-refractivity contribution is 8.00. The van der Waals surface area contributed by atoms with Crippen LogP contribution in [0, 0.1) is 0 Å². The van der Waals surface area contributed by atoms with Crippen LogP contribution in [-0.4, -0.2) is 29.7 Å². The van der Waals surface area contributed by atoms with Gasteiger partial charge in [-0.1, -0.05) is 37.1 Å². The van der Waals surface area contributed by atoms with E-state index in [1.165, 1.54) is 32.6 Å². The molecule has 28 heavy (non-hydrogen) atoms. The lowest BCUT2D eigenvalue weighted by Gasteiger charge is -2.33. The van der Waals surface area contributed by atoms with E-state index in [2.05, 4.69) is 11.4 Å². The number of benzene rings is 2. The van der Waals surface area contributed by atoms with E-state index in [-0.39, 0.29) is 18.4 Å². The highest BCUT2D eigenvalue weighted by Gasteiger charge is 2.32. The number of para-hydroxylation sites is 3. The number of nitrogens with one attached hydrogen (secondary N) is 1. The number of rotatable bonds is 4. The van der Waals surface area contributed by atoms with Crippen LogP contribution < -0.4 is 15.0 Å². The predicted molar refractivity (Wildman–Crippen MR) is 112 cm³/mol.